The van der Waals surface area contributed by atoms with Crippen molar-refractivity contribution in [3.8, 4) is 5.75 Å². The Hall–Kier alpha value is -2.76. The zero-order valence-corrected chi connectivity index (χ0v) is 20.2. The van der Waals surface area contributed by atoms with Gasteiger partial charge in [-0.15, -0.1) is 0 Å². The normalized spacial score (nSPS) is 20.6. The molecular weight excluding hydrogens is 469 g/mol. The third-order valence-electron chi connectivity index (χ3n) is 4.96. The summed E-state index contributed by atoms with van der Waals surface area (Å²) in [7, 11) is -2.89. The fourth-order valence-corrected chi connectivity index (χ4v) is 4.76. The van der Waals surface area contributed by atoms with Crippen molar-refractivity contribution in [1.82, 2.24) is 14.6 Å². The van der Waals surface area contributed by atoms with Gasteiger partial charge in [0.05, 0.1) is 13.7 Å². The summed E-state index contributed by atoms with van der Waals surface area (Å²) in [5, 5.41) is 2.65. The van der Waals surface area contributed by atoms with Gasteiger partial charge in [0.15, 0.2) is 12.5 Å². The van der Waals surface area contributed by atoms with Gasteiger partial charge in [-0.2, -0.15) is 5.09 Å². The van der Waals surface area contributed by atoms with Crippen LogP contribution in [-0.2, 0) is 28.1 Å². The summed E-state index contributed by atoms with van der Waals surface area (Å²) in [4.78, 5) is 38.1. The lowest BCUT2D eigenvalue weighted by Crippen LogP contribution is -2.41. The first-order chi connectivity index (χ1) is 16.1. The molecule has 0 bridgehead atoms. The predicted octanol–water partition coefficient (Wildman–Crippen LogP) is 1.71. The molecule has 186 valence electrons. The van der Waals surface area contributed by atoms with Gasteiger partial charge >= 0.3 is 19.4 Å². The molecule has 0 spiro atoms. The van der Waals surface area contributed by atoms with Crippen molar-refractivity contribution >= 4 is 13.7 Å². The fourth-order valence-electron chi connectivity index (χ4n) is 3.12. The van der Waals surface area contributed by atoms with Crippen molar-refractivity contribution in [2.24, 2.45) is 5.92 Å². The van der Waals surface area contributed by atoms with E-state index in [9.17, 15) is 18.9 Å². The van der Waals surface area contributed by atoms with Crippen LogP contribution in [0.25, 0.3) is 0 Å². The molecule has 2 aromatic rings. The minimum Gasteiger partial charge on any atom is -0.468 e. The zero-order valence-electron chi connectivity index (χ0n) is 19.3. The molecule has 1 aromatic carbocycles. The third-order valence-corrected chi connectivity index (χ3v) is 6.49. The molecule has 13 heteroatoms. The largest absolute Gasteiger partial charge is 0.468 e. The van der Waals surface area contributed by atoms with E-state index in [1.807, 2.05) is 0 Å². The first-order valence-corrected chi connectivity index (χ1v) is 12.1. The van der Waals surface area contributed by atoms with Gasteiger partial charge in [0.2, 0.25) is 0 Å². The van der Waals surface area contributed by atoms with E-state index in [0.29, 0.717) is 5.56 Å². The van der Waals surface area contributed by atoms with E-state index in [1.165, 1.54) is 17.9 Å². The Morgan fingerprint density at radius 1 is 1.29 bits per heavy atom. The van der Waals surface area contributed by atoms with Crippen LogP contribution in [0.4, 0.5) is 0 Å². The molecule has 2 N–H and O–H groups in total. The smallest absolute Gasteiger partial charge is 0.459 e. The zero-order chi connectivity index (χ0) is 24.9. The maximum Gasteiger partial charge on any atom is 0.459 e. The molecule has 1 aromatic heterocycles. The molecule has 0 amide bonds. The molecule has 1 aliphatic rings. The quantitative estimate of drug-likeness (QED) is 0.367. The van der Waals surface area contributed by atoms with E-state index in [2.05, 4.69) is 10.1 Å². The summed E-state index contributed by atoms with van der Waals surface area (Å²) in [5.74, 6) is -0.661. The Labute approximate surface area is 195 Å². The van der Waals surface area contributed by atoms with E-state index in [4.69, 9.17) is 23.3 Å². The van der Waals surface area contributed by atoms with E-state index in [1.54, 1.807) is 51.1 Å². The van der Waals surface area contributed by atoms with Crippen LogP contribution in [0.15, 0.2) is 46.1 Å². The Morgan fingerprint density at radius 3 is 2.65 bits per heavy atom. The number of nitrogens with one attached hydrogen (secondary N) is 2. The lowest BCUT2D eigenvalue weighted by atomic mass is 10.1. The van der Waals surface area contributed by atoms with Crippen LogP contribution >= 0.6 is 7.75 Å². The second-order valence-electron chi connectivity index (χ2n) is 7.90. The number of esters is 1. The molecule has 1 saturated heterocycles. The first kappa shape index (κ1) is 25.9. The summed E-state index contributed by atoms with van der Waals surface area (Å²) in [6.07, 6.45) is -0.445. The van der Waals surface area contributed by atoms with E-state index >= 15 is 0 Å². The number of nitrogens with zero attached hydrogens (tertiary/aromatic N) is 1. The molecule has 1 fully saturated rings. The molecular formula is C21H28N3O9P. The molecule has 12 nitrogen and oxygen atoms in total. The number of aromatic amines is 1. The van der Waals surface area contributed by atoms with Crippen molar-refractivity contribution < 1.29 is 32.6 Å². The van der Waals surface area contributed by atoms with Crippen LogP contribution in [-0.4, -0.2) is 48.2 Å². The molecule has 0 radical (unpaired) electrons. The topological polar surface area (TPSA) is 147 Å². The Morgan fingerprint density at radius 2 is 2.00 bits per heavy atom. The van der Waals surface area contributed by atoms with Crippen LogP contribution in [0, 0.1) is 12.8 Å². The second kappa shape index (κ2) is 11.1. The third kappa shape index (κ3) is 6.43. The van der Waals surface area contributed by atoms with E-state index < -0.39 is 43.5 Å². The first-order valence-electron chi connectivity index (χ1n) is 10.6. The second-order valence-corrected chi connectivity index (χ2v) is 9.60. The number of ether oxygens (including phenoxy) is 3. The Balaban J connectivity index is 1.73. The van der Waals surface area contributed by atoms with Gasteiger partial charge in [-0.3, -0.25) is 23.7 Å². The number of H-pyrrole nitrogens is 1. The van der Waals surface area contributed by atoms with E-state index in [0.717, 1.165) is 0 Å². The summed E-state index contributed by atoms with van der Waals surface area (Å²) in [6.45, 7) is 4.71. The molecule has 1 aliphatic heterocycles. The van der Waals surface area contributed by atoms with Crippen molar-refractivity contribution in [3.05, 3.63) is 62.9 Å². The molecule has 2 heterocycles. The van der Waals surface area contributed by atoms with Gasteiger partial charge in [0.1, 0.15) is 18.4 Å². The molecule has 0 saturated carbocycles. The van der Waals surface area contributed by atoms with Crippen LogP contribution in [0.3, 0.4) is 0 Å². The van der Waals surface area contributed by atoms with Crippen LogP contribution < -0.4 is 20.9 Å². The number of benzene rings is 1. The molecule has 0 aliphatic carbocycles. The van der Waals surface area contributed by atoms with Crippen LogP contribution in [0.1, 0.15) is 25.6 Å². The van der Waals surface area contributed by atoms with Gasteiger partial charge in [-0.05, 0) is 25.0 Å². The van der Waals surface area contributed by atoms with E-state index in [-0.39, 0.29) is 24.9 Å². The SMILES string of the molecule is COC(=O)[C@H](NP(=O)(OC[C@@H]1OC[C@H](n2cc(C)c(=O)[nH]c2=O)O1)Oc1ccccc1)C(C)C. The average molecular weight is 497 g/mol. The average Bonchev–Trinajstić information content (AvgIpc) is 3.27. The highest BCUT2D eigenvalue weighted by Crippen LogP contribution is 2.46. The van der Waals surface area contributed by atoms with Crippen molar-refractivity contribution in [2.45, 2.75) is 39.3 Å². The van der Waals surface area contributed by atoms with Crippen LogP contribution in [0.2, 0.25) is 0 Å². The Kier molecular flexibility index (Phi) is 8.45. The maximum atomic E-state index is 13.6. The summed E-state index contributed by atoms with van der Waals surface area (Å²) in [6, 6.07) is 7.35. The molecule has 1 unspecified atom stereocenters. The fraction of sp³-hybridized carbons (Fsp3) is 0.476. The number of aryl methyl sites for hydroxylation is 1. The number of methoxy groups -OCH3 is 1. The number of carbonyl (C=O) groups is 1. The molecule has 34 heavy (non-hydrogen) atoms. The highest BCUT2D eigenvalue weighted by atomic mass is 31.2. The van der Waals surface area contributed by atoms with Crippen molar-refractivity contribution in [1.29, 1.82) is 0 Å². The number of hydrogen-bond donors (Lipinski definition) is 2. The molecule has 4 atom stereocenters. The van der Waals surface area contributed by atoms with Gasteiger partial charge in [-0.25, -0.2) is 9.36 Å². The summed E-state index contributed by atoms with van der Waals surface area (Å²) >= 11 is 0. The minimum atomic E-state index is -4.11. The van der Waals surface area contributed by atoms with Crippen LogP contribution in [0.5, 0.6) is 5.75 Å². The van der Waals surface area contributed by atoms with Gasteiger partial charge < -0.3 is 18.7 Å². The van der Waals surface area contributed by atoms with Crippen molar-refractivity contribution in [2.75, 3.05) is 20.3 Å². The lowest BCUT2D eigenvalue weighted by Gasteiger charge is -2.26. The number of rotatable bonds is 10. The monoisotopic (exact) mass is 497 g/mol. The number of hydrogen-bond acceptors (Lipinski definition) is 9. The van der Waals surface area contributed by atoms with Gasteiger partial charge in [-0.1, -0.05) is 32.0 Å². The predicted molar refractivity (Wildman–Crippen MR) is 120 cm³/mol. The number of carbonyl (C=O) groups excluding carboxylic acids is 1. The highest BCUT2D eigenvalue weighted by Gasteiger charge is 2.38. The Bertz CT molecular complexity index is 1150. The maximum absolute atomic E-state index is 13.6. The lowest BCUT2D eigenvalue weighted by molar-refractivity contribution is -0.143. The minimum absolute atomic E-state index is 0.00648. The number of para-hydroxylation sites is 1. The standard InChI is InChI=1S/C21H28N3O9P/c1-13(2)18(20(26)29-4)23-34(28,33-15-8-6-5-7-9-15)31-12-17-30-11-16(32-17)24-10-14(3)19(25)22-21(24)27/h5-10,13,16-18H,11-12H2,1-4H3,(H,23,28)(H,22,25,27)/t16-,17-,18-,34?/m1/s1. The van der Waals surface area contributed by atoms with Crippen molar-refractivity contribution in [3.63, 3.8) is 0 Å². The molecule has 3 rings (SSSR count). The van der Waals surface area contributed by atoms with Gasteiger partial charge in [0, 0.05) is 11.8 Å². The van der Waals surface area contributed by atoms with Gasteiger partial charge in [0.25, 0.3) is 5.56 Å². The summed E-state index contributed by atoms with van der Waals surface area (Å²) < 4.78 is 42.0. The summed E-state index contributed by atoms with van der Waals surface area (Å²) in [5.41, 5.74) is -0.811. The number of aromatic nitrogens is 2. The highest BCUT2D eigenvalue weighted by molar-refractivity contribution is 7.52.